The van der Waals surface area contributed by atoms with E-state index in [0.717, 1.165) is 16.7 Å². The molecular weight excluding hydrogens is 425 g/mol. The lowest BCUT2D eigenvalue weighted by molar-refractivity contribution is -0.136. The molecule has 0 fully saturated rings. The second-order valence-corrected chi connectivity index (χ2v) is 7.23. The highest BCUT2D eigenvalue weighted by Gasteiger charge is 2.09. The van der Waals surface area contributed by atoms with Crippen LogP contribution in [0.3, 0.4) is 0 Å². The number of benzene rings is 2. The van der Waals surface area contributed by atoms with Crippen molar-refractivity contribution in [3.63, 3.8) is 0 Å². The van der Waals surface area contributed by atoms with Crippen LogP contribution in [0.4, 0.5) is 0 Å². The minimum Gasteiger partial charge on any atom is -0.493 e. The van der Waals surface area contributed by atoms with Crippen LogP contribution in [0, 0.1) is 0 Å². The summed E-state index contributed by atoms with van der Waals surface area (Å²) in [5, 5.41) is 9.84. The summed E-state index contributed by atoms with van der Waals surface area (Å²) in [5.74, 6) is 0.594. The number of ether oxygens (including phenoxy) is 2. The van der Waals surface area contributed by atoms with Gasteiger partial charge in [0.25, 0.3) is 0 Å². The van der Waals surface area contributed by atoms with Crippen molar-refractivity contribution in [2.24, 2.45) is 0 Å². The Morgan fingerprint density at radius 3 is 2.43 bits per heavy atom. The van der Waals surface area contributed by atoms with Crippen molar-refractivity contribution in [2.75, 3.05) is 7.11 Å². The normalized spacial score (nSPS) is 10.9. The van der Waals surface area contributed by atoms with Gasteiger partial charge in [-0.3, -0.25) is 4.79 Å². The van der Waals surface area contributed by atoms with Crippen LogP contribution < -0.4 is 9.47 Å². The molecule has 0 saturated heterocycles. The topological polar surface area (TPSA) is 68.7 Å². The number of hydrogen-bond acceptors (Lipinski definition) is 4. The zero-order chi connectivity index (χ0) is 21.5. The molecule has 0 atom stereocenters. The third-order valence-corrected chi connectivity index (χ3v) is 4.98. The van der Waals surface area contributed by atoms with E-state index in [0.29, 0.717) is 33.8 Å². The molecule has 0 aliphatic carbocycles. The Hall–Kier alpha value is -3.02. The molecule has 0 spiro atoms. The average molecular weight is 444 g/mol. The van der Waals surface area contributed by atoms with Gasteiger partial charge in [0, 0.05) is 18.7 Å². The van der Waals surface area contributed by atoms with Crippen molar-refractivity contribution in [1.82, 2.24) is 4.98 Å². The number of aryl methyl sites for hydroxylation is 1. The highest BCUT2D eigenvalue weighted by molar-refractivity contribution is 6.42. The lowest BCUT2D eigenvalue weighted by Crippen LogP contribution is -1.98. The summed E-state index contributed by atoms with van der Waals surface area (Å²) >= 11 is 12.0. The average Bonchev–Trinajstić information content (AvgIpc) is 2.74. The highest BCUT2D eigenvalue weighted by atomic mass is 35.5. The Bertz CT molecular complexity index is 1070. The number of pyridine rings is 1. The minimum absolute atomic E-state index is 0.0577. The van der Waals surface area contributed by atoms with E-state index in [-0.39, 0.29) is 6.42 Å². The molecule has 0 aliphatic heterocycles. The van der Waals surface area contributed by atoms with E-state index in [9.17, 15) is 4.79 Å². The summed E-state index contributed by atoms with van der Waals surface area (Å²) in [5.41, 5.74) is 2.68. The Labute approximate surface area is 184 Å². The van der Waals surface area contributed by atoms with Gasteiger partial charge < -0.3 is 14.6 Å². The molecule has 0 saturated carbocycles. The number of halogens is 2. The van der Waals surface area contributed by atoms with E-state index in [1.54, 1.807) is 36.5 Å². The summed E-state index contributed by atoms with van der Waals surface area (Å²) < 4.78 is 11.2. The van der Waals surface area contributed by atoms with Crippen LogP contribution in [0.2, 0.25) is 10.0 Å². The lowest BCUT2D eigenvalue weighted by Gasteiger charge is -2.11. The fraction of sp³-hybridized carbons (Fsp3) is 0.130. The fourth-order valence-corrected chi connectivity index (χ4v) is 2.98. The SMILES string of the molecule is COc1cc(CCC(=O)O)ccc1Oc1ccc(/C=C/c2ccc(Cl)c(Cl)c2)cn1. The summed E-state index contributed by atoms with van der Waals surface area (Å²) in [6.07, 6.45) is 6.00. The van der Waals surface area contributed by atoms with Crippen molar-refractivity contribution < 1.29 is 19.4 Å². The van der Waals surface area contributed by atoms with Crippen molar-refractivity contribution in [3.8, 4) is 17.4 Å². The lowest BCUT2D eigenvalue weighted by atomic mass is 10.1. The van der Waals surface area contributed by atoms with Crippen molar-refractivity contribution in [3.05, 3.63) is 81.5 Å². The zero-order valence-electron chi connectivity index (χ0n) is 16.1. The molecule has 1 N–H and O–H groups in total. The first-order valence-electron chi connectivity index (χ1n) is 9.10. The van der Waals surface area contributed by atoms with Gasteiger partial charge in [0.05, 0.1) is 17.2 Å². The Kier molecular flexibility index (Phi) is 7.33. The number of aromatic nitrogens is 1. The van der Waals surface area contributed by atoms with Gasteiger partial charge in [-0.05, 0) is 53.4 Å². The molecule has 1 heterocycles. The van der Waals surface area contributed by atoms with Crippen LogP contribution in [0.25, 0.3) is 12.2 Å². The van der Waals surface area contributed by atoms with Gasteiger partial charge in [0.15, 0.2) is 11.5 Å². The number of carboxylic acid groups (broad SMARTS) is 1. The maximum absolute atomic E-state index is 10.7. The molecule has 0 aliphatic rings. The zero-order valence-corrected chi connectivity index (χ0v) is 17.7. The quantitative estimate of drug-likeness (QED) is 0.437. The number of hydrogen-bond donors (Lipinski definition) is 1. The van der Waals surface area contributed by atoms with Gasteiger partial charge in [-0.15, -0.1) is 0 Å². The van der Waals surface area contributed by atoms with Crippen LogP contribution >= 0.6 is 23.2 Å². The van der Waals surface area contributed by atoms with E-state index in [1.807, 2.05) is 30.4 Å². The second kappa shape index (κ2) is 10.1. The summed E-state index contributed by atoms with van der Waals surface area (Å²) in [4.78, 5) is 15.1. The molecule has 1 aromatic heterocycles. The maximum Gasteiger partial charge on any atom is 0.303 e. The van der Waals surface area contributed by atoms with Crippen LogP contribution in [0.15, 0.2) is 54.7 Å². The van der Waals surface area contributed by atoms with Crippen molar-refractivity contribution in [2.45, 2.75) is 12.8 Å². The number of carboxylic acids is 1. The van der Waals surface area contributed by atoms with Gasteiger partial charge in [-0.25, -0.2) is 4.98 Å². The number of aliphatic carboxylic acids is 1. The van der Waals surface area contributed by atoms with Crippen molar-refractivity contribution >= 4 is 41.3 Å². The van der Waals surface area contributed by atoms with Gasteiger partial charge >= 0.3 is 5.97 Å². The number of methoxy groups -OCH3 is 1. The molecule has 30 heavy (non-hydrogen) atoms. The third-order valence-electron chi connectivity index (χ3n) is 4.24. The predicted octanol–water partition coefficient (Wildman–Crippen LogP) is 6.38. The standard InChI is InChI=1S/C23H19Cl2NO4/c1-29-21-13-16(7-11-23(27)28)5-9-20(21)30-22-10-6-17(14-26-22)3-2-15-4-8-18(24)19(25)12-15/h2-6,8-10,12-14H,7,11H2,1H3,(H,27,28)/b3-2+. The molecule has 0 radical (unpaired) electrons. The number of nitrogens with zero attached hydrogens (tertiary/aromatic N) is 1. The van der Waals surface area contributed by atoms with E-state index in [1.165, 1.54) is 7.11 Å². The first-order chi connectivity index (χ1) is 14.4. The van der Waals surface area contributed by atoms with Crippen LogP contribution in [-0.4, -0.2) is 23.2 Å². The van der Waals surface area contributed by atoms with E-state index in [2.05, 4.69) is 4.98 Å². The van der Waals surface area contributed by atoms with Gasteiger partial charge in [0.2, 0.25) is 5.88 Å². The molecule has 0 unspecified atom stereocenters. The van der Waals surface area contributed by atoms with Gasteiger partial charge in [-0.1, -0.05) is 47.5 Å². The molecular formula is C23H19Cl2NO4. The van der Waals surface area contributed by atoms with Crippen LogP contribution in [0.1, 0.15) is 23.1 Å². The molecule has 3 rings (SSSR count). The Morgan fingerprint density at radius 2 is 1.77 bits per heavy atom. The fourth-order valence-electron chi connectivity index (χ4n) is 2.67. The van der Waals surface area contributed by atoms with Crippen molar-refractivity contribution in [1.29, 1.82) is 0 Å². The second-order valence-electron chi connectivity index (χ2n) is 6.42. The first kappa shape index (κ1) is 21.7. The molecule has 2 aromatic carbocycles. The van der Waals surface area contributed by atoms with E-state index in [4.69, 9.17) is 37.8 Å². The maximum atomic E-state index is 10.7. The van der Waals surface area contributed by atoms with E-state index >= 15 is 0 Å². The molecule has 0 bridgehead atoms. The first-order valence-corrected chi connectivity index (χ1v) is 9.86. The largest absolute Gasteiger partial charge is 0.493 e. The third kappa shape index (κ3) is 5.99. The van der Waals surface area contributed by atoms with Crippen LogP contribution in [0.5, 0.6) is 17.4 Å². The molecule has 0 amide bonds. The molecule has 5 nitrogen and oxygen atoms in total. The van der Waals surface area contributed by atoms with Gasteiger partial charge in [-0.2, -0.15) is 0 Å². The van der Waals surface area contributed by atoms with Gasteiger partial charge in [0.1, 0.15) is 0 Å². The molecule has 3 aromatic rings. The number of carbonyl (C=O) groups is 1. The minimum atomic E-state index is -0.841. The smallest absolute Gasteiger partial charge is 0.303 e. The Balaban J connectivity index is 1.68. The summed E-state index contributed by atoms with van der Waals surface area (Å²) in [6, 6.07) is 14.4. The summed E-state index contributed by atoms with van der Waals surface area (Å²) in [6.45, 7) is 0. The summed E-state index contributed by atoms with van der Waals surface area (Å²) in [7, 11) is 1.54. The highest BCUT2D eigenvalue weighted by Crippen LogP contribution is 2.32. The monoisotopic (exact) mass is 443 g/mol. The molecule has 7 heteroatoms. The Morgan fingerprint density at radius 1 is 1.00 bits per heavy atom. The van der Waals surface area contributed by atoms with E-state index < -0.39 is 5.97 Å². The molecule has 154 valence electrons. The predicted molar refractivity (Wildman–Crippen MR) is 119 cm³/mol. The van der Waals surface area contributed by atoms with Crippen LogP contribution in [-0.2, 0) is 11.2 Å². The number of rotatable bonds is 8.